The number of phenols is 4. The number of aryl methyl sites for hydroxylation is 2. The molecule has 1 unspecified atom stereocenters. The van der Waals surface area contributed by atoms with E-state index in [4.69, 9.17) is 4.74 Å². The van der Waals surface area contributed by atoms with Gasteiger partial charge < -0.3 is 35.8 Å². The normalized spacial score (nSPS) is 13.4. The van der Waals surface area contributed by atoms with E-state index in [1.54, 1.807) is 28.2 Å². The second-order valence-corrected chi connectivity index (χ2v) is 17.1. The van der Waals surface area contributed by atoms with Crippen LogP contribution in [0.15, 0.2) is 84.9 Å². The van der Waals surface area contributed by atoms with Crippen LogP contribution in [0, 0.1) is 12.8 Å². The summed E-state index contributed by atoms with van der Waals surface area (Å²) in [5.41, 5.74) is 3.17. The molecule has 1 saturated heterocycles. The number of carbonyl (C=O) groups excluding carboxylic acids is 2. The predicted molar refractivity (Wildman–Crippen MR) is 251 cm³/mol. The number of aromatic hydroxyl groups is 4. The van der Waals surface area contributed by atoms with Crippen molar-refractivity contribution >= 4 is 11.8 Å². The molecule has 6 N–H and O–H groups in total. The van der Waals surface area contributed by atoms with Crippen LogP contribution in [0.3, 0.4) is 0 Å². The average Bonchev–Trinajstić information content (AvgIpc) is 3.97. The maximum Gasteiger partial charge on any atom is 0.289 e. The summed E-state index contributed by atoms with van der Waals surface area (Å²) >= 11 is 0. The number of nitrogens with zero attached hydrogens (tertiary/aromatic N) is 7. The lowest BCUT2D eigenvalue weighted by molar-refractivity contribution is 0.0311. The van der Waals surface area contributed by atoms with E-state index in [0.29, 0.717) is 59.1 Å². The molecular weight excluding hydrogens is 839 g/mol. The fourth-order valence-corrected chi connectivity index (χ4v) is 8.36. The Hall–Kier alpha value is -6.78. The van der Waals surface area contributed by atoms with Gasteiger partial charge in [-0.1, -0.05) is 75.4 Å². The van der Waals surface area contributed by atoms with E-state index in [1.165, 1.54) is 12.1 Å². The molecule has 1 aliphatic rings. The molecule has 66 heavy (non-hydrogen) atoms. The van der Waals surface area contributed by atoms with Crippen molar-refractivity contribution in [3.8, 4) is 57.1 Å². The van der Waals surface area contributed by atoms with Crippen LogP contribution in [-0.2, 0) is 11.2 Å². The molecule has 0 saturated carbocycles. The van der Waals surface area contributed by atoms with E-state index < -0.39 is 5.91 Å². The molecule has 16 heteroatoms. The third-order valence-electron chi connectivity index (χ3n) is 12.0. The molecular formula is C50H61N9O7. The van der Waals surface area contributed by atoms with Crippen molar-refractivity contribution in [2.45, 2.75) is 78.1 Å². The third kappa shape index (κ3) is 11.9. The van der Waals surface area contributed by atoms with Gasteiger partial charge in [-0.2, -0.15) is 0 Å². The Morgan fingerprint density at radius 1 is 0.621 bits per heavy atom. The molecule has 1 atom stereocenters. The molecule has 348 valence electrons. The summed E-state index contributed by atoms with van der Waals surface area (Å²) in [6, 6.07) is 24.4. The van der Waals surface area contributed by atoms with E-state index >= 15 is 0 Å². The van der Waals surface area contributed by atoms with Crippen molar-refractivity contribution in [2.75, 3.05) is 45.9 Å². The highest BCUT2D eigenvalue weighted by Gasteiger charge is 2.25. The topological polar surface area (TPSA) is 213 Å². The molecule has 4 aromatic carbocycles. The zero-order valence-corrected chi connectivity index (χ0v) is 37.8. The van der Waals surface area contributed by atoms with Crippen molar-refractivity contribution < 1.29 is 34.8 Å². The van der Waals surface area contributed by atoms with Crippen molar-refractivity contribution in [1.82, 2.24) is 45.1 Å². The Labute approximate surface area is 385 Å². The van der Waals surface area contributed by atoms with Gasteiger partial charge in [0.25, 0.3) is 11.8 Å². The summed E-state index contributed by atoms with van der Waals surface area (Å²) in [4.78, 5) is 29.5. The Bertz CT molecular complexity index is 2540. The highest BCUT2D eigenvalue weighted by molar-refractivity contribution is 5.93. The molecule has 0 bridgehead atoms. The zero-order chi connectivity index (χ0) is 46.4. The first-order chi connectivity index (χ1) is 32.1. The highest BCUT2D eigenvalue weighted by Crippen LogP contribution is 2.37. The van der Waals surface area contributed by atoms with Crippen LogP contribution in [0.5, 0.6) is 23.0 Å². The maximum absolute atomic E-state index is 13.6. The monoisotopic (exact) mass is 899 g/mol. The molecule has 2 amide bonds. The van der Waals surface area contributed by atoms with Crippen molar-refractivity contribution in [1.29, 1.82) is 0 Å². The fourth-order valence-electron chi connectivity index (χ4n) is 8.36. The second kappa shape index (κ2) is 22.9. The molecule has 0 radical (unpaired) electrons. The van der Waals surface area contributed by atoms with Crippen molar-refractivity contribution in [2.24, 2.45) is 5.92 Å². The number of rotatable bonds is 22. The van der Waals surface area contributed by atoms with E-state index in [1.807, 2.05) is 60.7 Å². The smallest absolute Gasteiger partial charge is 0.289 e. The van der Waals surface area contributed by atoms with Crippen LogP contribution in [0.1, 0.15) is 97.1 Å². The number of amides is 2. The summed E-state index contributed by atoms with van der Waals surface area (Å²) in [7, 11) is 0. The molecule has 3 heterocycles. The number of carbonyl (C=O) groups is 2. The number of aromatic nitrogens is 6. The molecule has 1 fully saturated rings. The van der Waals surface area contributed by atoms with Crippen LogP contribution >= 0.6 is 0 Å². The Balaban J connectivity index is 0.902. The molecule has 6 aromatic rings. The number of nitrogens with one attached hydrogen (secondary N) is 2. The van der Waals surface area contributed by atoms with Gasteiger partial charge in [-0.15, -0.1) is 20.4 Å². The summed E-state index contributed by atoms with van der Waals surface area (Å²) < 4.78 is 8.70. The van der Waals surface area contributed by atoms with Crippen LogP contribution < -0.4 is 10.6 Å². The largest absolute Gasteiger partial charge is 0.508 e. The van der Waals surface area contributed by atoms with Gasteiger partial charge in [-0.25, -0.2) is 0 Å². The van der Waals surface area contributed by atoms with Crippen LogP contribution in [0.25, 0.3) is 34.2 Å². The SMILES string of the molecule is Cc1cc(-c2nnc(C(=O)NCCCCCCCc3cc(-c4nnc(C(=O)NCCCCCC(C)CN5CCOCC5)n4-c4ccccc4)c(O)cc3O)n2-c2ccccc2)c(O)cc1O. The zero-order valence-electron chi connectivity index (χ0n) is 37.8. The van der Waals surface area contributed by atoms with Gasteiger partial charge in [-0.05, 0) is 92.5 Å². The van der Waals surface area contributed by atoms with Crippen LogP contribution in [-0.4, -0.2) is 113 Å². The molecule has 0 aliphatic carbocycles. The van der Waals surface area contributed by atoms with Gasteiger partial charge in [-0.3, -0.25) is 23.6 Å². The maximum atomic E-state index is 13.6. The standard InChI is InChI=1S/C50H61N9O7/c1-34(33-57-25-27-66-28-26-57)17-9-8-16-24-52-50(65)48-56-54-46(59(48)38-21-13-7-14-22-38)40-30-36(42(61)32-44(40)63)18-10-4-3-5-15-23-51-49(64)47-55-53-45(58(47)37-19-11-6-12-20-37)39-29-35(2)41(60)31-43(39)62/h6-7,11-14,19-22,29-32,34,60-63H,3-5,8-10,15-18,23-28,33H2,1-2H3,(H,51,64)(H,52,65). The van der Waals surface area contributed by atoms with Gasteiger partial charge in [0.1, 0.15) is 23.0 Å². The van der Waals surface area contributed by atoms with Crippen LogP contribution in [0.2, 0.25) is 0 Å². The molecule has 1 aliphatic heterocycles. The van der Waals surface area contributed by atoms with Crippen molar-refractivity contribution in [3.05, 3.63) is 108 Å². The van der Waals surface area contributed by atoms with Gasteiger partial charge in [0.15, 0.2) is 11.6 Å². The third-order valence-corrected chi connectivity index (χ3v) is 12.0. The van der Waals surface area contributed by atoms with Gasteiger partial charge in [0.05, 0.1) is 24.3 Å². The summed E-state index contributed by atoms with van der Waals surface area (Å²) in [5.74, 6) is 0.122. The first-order valence-electron chi connectivity index (χ1n) is 23.1. The quantitative estimate of drug-likeness (QED) is 0.0366. The minimum Gasteiger partial charge on any atom is -0.508 e. The van der Waals surface area contributed by atoms with E-state index in [9.17, 15) is 30.0 Å². The Morgan fingerprint density at radius 2 is 1.12 bits per heavy atom. The van der Waals surface area contributed by atoms with Gasteiger partial charge >= 0.3 is 0 Å². The second-order valence-electron chi connectivity index (χ2n) is 17.1. The Morgan fingerprint density at radius 3 is 1.70 bits per heavy atom. The molecule has 2 aromatic heterocycles. The number of benzene rings is 4. The number of phenolic OH excluding ortho intramolecular Hbond substituents is 4. The lowest BCUT2D eigenvalue weighted by Crippen LogP contribution is -2.38. The number of hydrogen-bond acceptors (Lipinski definition) is 12. The number of unbranched alkanes of at least 4 members (excludes halogenated alkanes) is 6. The number of morpholine rings is 1. The van der Waals surface area contributed by atoms with Gasteiger partial charge in [0.2, 0.25) is 11.6 Å². The first kappa shape index (κ1) is 47.2. The minimum atomic E-state index is -0.409. The number of para-hydroxylation sites is 2. The van der Waals surface area contributed by atoms with E-state index in [-0.39, 0.29) is 52.2 Å². The summed E-state index contributed by atoms with van der Waals surface area (Å²) in [6.07, 6.45) is 8.73. The average molecular weight is 900 g/mol. The predicted octanol–water partition coefficient (Wildman–Crippen LogP) is 7.49. The summed E-state index contributed by atoms with van der Waals surface area (Å²) in [6.45, 7) is 9.64. The Kier molecular flexibility index (Phi) is 16.4. The van der Waals surface area contributed by atoms with Crippen molar-refractivity contribution in [3.63, 3.8) is 0 Å². The highest BCUT2D eigenvalue weighted by atomic mass is 16.5. The van der Waals surface area contributed by atoms with E-state index in [2.05, 4.69) is 42.9 Å². The number of ether oxygens (including phenoxy) is 1. The summed E-state index contributed by atoms with van der Waals surface area (Å²) in [5, 5.41) is 65.8. The fraction of sp³-hybridized carbons (Fsp3) is 0.400. The molecule has 7 rings (SSSR count). The molecule has 16 nitrogen and oxygen atoms in total. The lowest BCUT2D eigenvalue weighted by Gasteiger charge is -2.29. The minimum absolute atomic E-state index is 0.0273. The first-order valence-corrected chi connectivity index (χ1v) is 23.1. The van der Waals surface area contributed by atoms with E-state index in [0.717, 1.165) is 90.6 Å². The number of hydrogen-bond donors (Lipinski definition) is 6. The van der Waals surface area contributed by atoms with Gasteiger partial charge in [0, 0.05) is 56.2 Å². The van der Waals surface area contributed by atoms with Crippen LogP contribution in [0.4, 0.5) is 0 Å². The molecule has 0 spiro atoms. The lowest BCUT2D eigenvalue weighted by atomic mass is 10.0.